The fourth-order valence-corrected chi connectivity index (χ4v) is 3.69. The van der Waals surface area contributed by atoms with Gasteiger partial charge in [0, 0.05) is 64.5 Å². The Labute approximate surface area is 159 Å². The molecule has 3 saturated heterocycles. The van der Waals surface area contributed by atoms with E-state index in [0.29, 0.717) is 31.3 Å². The Morgan fingerprint density at radius 3 is 2.37 bits per heavy atom. The topological polar surface area (TPSA) is 89.1 Å². The average molecular weight is 377 g/mol. The van der Waals surface area contributed by atoms with Crippen LogP contribution in [0.2, 0.25) is 0 Å². The van der Waals surface area contributed by atoms with Gasteiger partial charge in [-0.1, -0.05) is 0 Å². The number of rotatable bonds is 5. The van der Waals surface area contributed by atoms with Gasteiger partial charge in [-0.15, -0.1) is 0 Å². The van der Waals surface area contributed by atoms with E-state index < -0.39 is 5.79 Å². The Kier molecular flexibility index (Phi) is 5.82. The molecule has 1 amide bonds. The van der Waals surface area contributed by atoms with Crippen LogP contribution in [0.5, 0.6) is 0 Å². The molecule has 27 heavy (non-hydrogen) atoms. The molecule has 0 aromatic carbocycles. The van der Waals surface area contributed by atoms with Crippen molar-refractivity contribution in [3.8, 4) is 0 Å². The molecule has 0 saturated carbocycles. The normalized spacial score (nSPS) is 22.9. The van der Waals surface area contributed by atoms with Gasteiger partial charge in [0.05, 0.1) is 32.0 Å². The summed E-state index contributed by atoms with van der Waals surface area (Å²) in [5.41, 5.74) is 0.483. The van der Waals surface area contributed by atoms with Crippen LogP contribution in [0.15, 0.2) is 12.4 Å². The standard InChI is InChI=1S/C18H27N5O4/c24-16(19-3-6-22-7-9-25-10-8-22)15-13-20-17(21-14-15)23-4-1-18(2-5-23)26-11-12-27-18/h13-14H,1-12H2,(H,19,24). The molecule has 3 fully saturated rings. The largest absolute Gasteiger partial charge is 0.379 e. The van der Waals surface area contributed by atoms with Gasteiger partial charge >= 0.3 is 0 Å². The van der Waals surface area contributed by atoms with Crippen molar-refractivity contribution in [2.45, 2.75) is 18.6 Å². The van der Waals surface area contributed by atoms with E-state index in [0.717, 1.165) is 58.8 Å². The van der Waals surface area contributed by atoms with E-state index in [4.69, 9.17) is 14.2 Å². The maximum Gasteiger partial charge on any atom is 0.254 e. The summed E-state index contributed by atoms with van der Waals surface area (Å²) in [6.07, 6.45) is 4.80. The van der Waals surface area contributed by atoms with Crippen LogP contribution in [0.4, 0.5) is 5.95 Å². The number of ether oxygens (including phenoxy) is 3. The quantitative estimate of drug-likeness (QED) is 0.760. The Morgan fingerprint density at radius 1 is 1.04 bits per heavy atom. The van der Waals surface area contributed by atoms with Crippen LogP contribution in [0.25, 0.3) is 0 Å². The second-order valence-electron chi connectivity index (χ2n) is 7.08. The van der Waals surface area contributed by atoms with Crippen molar-refractivity contribution in [2.24, 2.45) is 0 Å². The lowest BCUT2D eigenvalue weighted by atomic mass is 10.0. The van der Waals surface area contributed by atoms with Gasteiger partial charge in [-0.05, 0) is 0 Å². The van der Waals surface area contributed by atoms with Gasteiger partial charge in [-0.3, -0.25) is 9.69 Å². The highest BCUT2D eigenvalue weighted by Gasteiger charge is 2.40. The van der Waals surface area contributed by atoms with Gasteiger partial charge in [0.15, 0.2) is 5.79 Å². The fraction of sp³-hybridized carbons (Fsp3) is 0.722. The highest BCUT2D eigenvalue weighted by molar-refractivity contribution is 5.93. The Morgan fingerprint density at radius 2 is 1.70 bits per heavy atom. The van der Waals surface area contributed by atoms with Crippen LogP contribution in [-0.2, 0) is 14.2 Å². The lowest BCUT2D eigenvalue weighted by molar-refractivity contribution is -0.169. The van der Waals surface area contributed by atoms with Crippen molar-refractivity contribution in [2.75, 3.05) is 70.6 Å². The highest BCUT2D eigenvalue weighted by Crippen LogP contribution is 2.32. The van der Waals surface area contributed by atoms with Crippen LogP contribution in [0.1, 0.15) is 23.2 Å². The number of hydrogen-bond acceptors (Lipinski definition) is 8. The van der Waals surface area contributed by atoms with Gasteiger partial charge in [0.1, 0.15) is 0 Å². The van der Waals surface area contributed by atoms with Crippen LogP contribution >= 0.6 is 0 Å². The van der Waals surface area contributed by atoms with Crippen LogP contribution in [0.3, 0.4) is 0 Å². The fourth-order valence-electron chi connectivity index (χ4n) is 3.69. The molecule has 3 aliphatic heterocycles. The first-order valence-electron chi connectivity index (χ1n) is 9.67. The van der Waals surface area contributed by atoms with Gasteiger partial charge in [-0.25, -0.2) is 9.97 Å². The summed E-state index contributed by atoms with van der Waals surface area (Å²) in [5.74, 6) is 0.101. The number of nitrogens with one attached hydrogen (secondary N) is 1. The van der Waals surface area contributed by atoms with Gasteiger partial charge in [0.2, 0.25) is 5.95 Å². The predicted molar refractivity (Wildman–Crippen MR) is 97.7 cm³/mol. The molecule has 4 heterocycles. The number of nitrogens with zero attached hydrogens (tertiary/aromatic N) is 4. The molecule has 1 aromatic heterocycles. The molecule has 0 unspecified atom stereocenters. The minimum atomic E-state index is -0.406. The third kappa shape index (κ3) is 4.55. The minimum Gasteiger partial charge on any atom is -0.379 e. The molecule has 0 atom stereocenters. The number of aromatic nitrogens is 2. The molecular formula is C18H27N5O4. The summed E-state index contributed by atoms with van der Waals surface area (Å²) in [6.45, 7) is 7.70. The monoisotopic (exact) mass is 377 g/mol. The molecule has 1 aromatic rings. The Balaban J connectivity index is 1.24. The first kappa shape index (κ1) is 18.5. The van der Waals surface area contributed by atoms with Crippen molar-refractivity contribution in [1.82, 2.24) is 20.2 Å². The van der Waals surface area contributed by atoms with E-state index in [-0.39, 0.29) is 5.91 Å². The van der Waals surface area contributed by atoms with Crippen LogP contribution < -0.4 is 10.2 Å². The molecule has 9 heteroatoms. The van der Waals surface area contributed by atoms with Crippen LogP contribution in [-0.4, -0.2) is 92.3 Å². The maximum atomic E-state index is 12.3. The zero-order chi connectivity index (χ0) is 18.5. The Hall–Kier alpha value is -1.81. The first-order chi connectivity index (χ1) is 13.2. The number of carbonyl (C=O) groups excluding carboxylic acids is 1. The number of anilines is 1. The number of hydrogen-bond donors (Lipinski definition) is 1. The second kappa shape index (κ2) is 8.47. The third-order valence-corrected chi connectivity index (χ3v) is 5.34. The third-order valence-electron chi connectivity index (χ3n) is 5.34. The Bertz CT molecular complexity index is 619. The molecule has 4 rings (SSSR count). The molecule has 3 aliphatic rings. The number of piperidine rings is 1. The molecule has 0 bridgehead atoms. The van der Waals surface area contributed by atoms with E-state index in [1.807, 2.05) is 0 Å². The minimum absolute atomic E-state index is 0.139. The lowest BCUT2D eigenvalue weighted by Gasteiger charge is -2.37. The predicted octanol–water partition coefficient (Wildman–Crippen LogP) is -0.118. The van der Waals surface area contributed by atoms with E-state index in [9.17, 15) is 4.79 Å². The van der Waals surface area contributed by atoms with E-state index in [1.54, 1.807) is 12.4 Å². The van der Waals surface area contributed by atoms with Crippen LogP contribution in [0, 0.1) is 0 Å². The maximum absolute atomic E-state index is 12.3. The summed E-state index contributed by atoms with van der Waals surface area (Å²) in [7, 11) is 0. The molecule has 148 valence electrons. The number of amides is 1. The highest BCUT2D eigenvalue weighted by atomic mass is 16.7. The average Bonchev–Trinajstić information content (AvgIpc) is 3.17. The smallest absolute Gasteiger partial charge is 0.254 e. The van der Waals surface area contributed by atoms with Crippen molar-refractivity contribution in [3.63, 3.8) is 0 Å². The van der Waals surface area contributed by atoms with Gasteiger partial charge in [-0.2, -0.15) is 0 Å². The summed E-state index contributed by atoms with van der Waals surface area (Å²) < 4.78 is 16.8. The van der Waals surface area contributed by atoms with Crippen molar-refractivity contribution in [3.05, 3.63) is 18.0 Å². The molecule has 1 spiro atoms. The number of carbonyl (C=O) groups is 1. The summed E-state index contributed by atoms with van der Waals surface area (Å²) >= 11 is 0. The molecular weight excluding hydrogens is 350 g/mol. The van der Waals surface area contributed by atoms with E-state index >= 15 is 0 Å². The van der Waals surface area contributed by atoms with Gasteiger partial charge < -0.3 is 24.4 Å². The van der Waals surface area contributed by atoms with Gasteiger partial charge in [0.25, 0.3) is 5.91 Å². The molecule has 1 N–H and O–H groups in total. The van der Waals surface area contributed by atoms with Crippen molar-refractivity contribution >= 4 is 11.9 Å². The van der Waals surface area contributed by atoms with Crippen molar-refractivity contribution in [1.29, 1.82) is 0 Å². The van der Waals surface area contributed by atoms with E-state index in [1.165, 1.54) is 0 Å². The SMILES string of the molecule is O=C(NCCN1CCOCC1)c1cnc(N2CCC3(CC2)OCCO3)nc1. The number of morpholine rings is 1. The van der Waals surface area contributed by atoms with Crippen molar-refractivity contribution < 1.29 is 19.0 Å². The summed E-state index contributed by atoms with van der Waals surface area (Å²) in [4.78, 5) is 25.4. The zero-order valence-electron chi connectivity index (χ0n) is 15.6. The summed E-state index contributed by atoms with van der Waals surface area (Å²) in [6, 6.07) is 0. The zero-order valence-corrected chi connectivity index (χ0v) is 15.6. The lowest BCUT2D eigenvalue weighted by Crippen LogP contribution is -2.45. The second-order valence-corrected chi connectivity index (χ2v) is 7.08. The molecule has 0 aliphatic carbocycles. The molecule has 9 nitrogen and oxygen atoms in total. The molecule has 0 radical (unpaired) electrons. The van der Waals surface area contributed by atoms with E-state index in [2.05, 4.69) is 25.1 Å². The summed E-state index contributed by atoms with van der Waals surface area (Å²) in [5, 5.41) is 2.93. The first-order valence-corrected chi connectivity index (χ1v) is 9.67.